The minimum atomic E-state index is 0.0297. The van der Waals surface area contributed by atoms with Crippen LogP contribution in [0.5, 0.6) is 0 Å². The van der Waals surface area contributed by atoms with Crippen LogP contribution < -0.4 is 5.73 Å². The maximum absolute atomic E-state index is 12.0. The molecule has 3 rings (SSSR count). The predicted octanol–water partition coefficient (Wildman–Crippen LogP) is 3.47. The second-order valence-corrected chi connectivity index (χ2v) is 5.04. The van der Waals surface area contributed by atoms with Crippen molar-refractivity contribution in [2.75, 3.05) is 12.0 Å². The Kier molecular flexibility index (Phi) is 2.87. The van der Waals surface area contributed by atoms with Crippen molar-refractivity contribution in [2.45, 2.75) is 0 Å². The van der Waals surface area contributed by atoms with E-state index in [0.717, 1.165) is 21.7 Å². The first-order chi connectivity index (χ1) is 9.22. The molecule has 3 aromatic rings. The average molecular weight is 268 g/mol. The van der Waals surface area contributed by atoms with Crippen LogP contribution in [0.1, 0.15) is 10.4 Å². The van der Waals surface area contributed by atoms with E-state index >= 15 is 0 Å². The Morgan fingerprint density at radius 2 is 1.89 bits per heavy atom. The van der Waals surface area contributed by atoms with Crippen molar-refractivity contribution in [1.29, 1.82) is 0 Å². The Bertz CT molecular complexity index is 799. The summed E-state index contributed by atoms with van der Waals surface area (Å²) in [6.07, 6.45) is 3.45. The highest BCUT2D eigenvalue weighted by Gasteiger charge is 2.12. The number of anilines is 1. The van der Waals surface area contributed by atoms with E-state index in [4.69, 9.17) is 5.73 Å². The molecule has 19 heavy (non-hydrogen) atoms. The molecule has 1 aromatic heterocycles. The fraction of sp³-hybridized carbons (Fsp3) is 0.0667. The summed E-state index contributed by atoms with van der Waals surface area (Å²) < 4.78 is 0. The van der Waals surface area contributed by atoms with E-state index in [0.29, 0.717) is 11.3 Å². The Balaban J connectivity index is 2.49. The number of rotatable bonds is 1. The first-order valence-electron chi connectivity index (χ1n) is 5.86. The largest absolute Gasteiger partial charge is 0.398 e. The van der Waals surface area contributed by atoms with Gasteiger partial charge in [0.15, 0.2) is 0 Å². The molecule has 0 aliphatic rings. The number of fused-ring (bicyclic) bond motifs is 3. The van der Waals surface area contributed by atoms with E-state index in [-0.39, 0.29) is 5.12 Å². The van der Waals surface area contributed by atoms with Gasteiger partial charge in [0.25, 0.3) is 0 Å². The van der Waals surface area contributed by atoms with Crippen molar-refractivity contribution >= 4 is 44.2 Å². The smallest absolute Gasteiger partial charge is 0.219 e. The van der Waals surface area contributed by atoms with Gasteiger partial charge in [-0.15, -0.1) is 0 Å². The minimum absolute atomic E-state index is 0.0297. The molecule has 0 aliphatic heterocycles. The summed E-state index contributed by atoms with van der Waals surface area (Å²) in [7, 11) is 0. The second-order valence-electron chi connectivity index (χ2n) is 4.26. The zero-order valence-corrected chi connectivity index (χ0v) is 11.2. The number of nitrogens with two attached hydrogens (primary N) is 1. The highest BCUT2D eigenvalue weighted by atomic mass is 32.2. The zero-order valence-electron chi connectivity index (χ0n) is 10.4. The number of aromatic nitrogens is 1. The highest BCUT2D eigenvalue weighted by molar-refractivity contribution is 8.13. The molecule has 4 heteroatoms. The molecule has 0 spiro atoms. The number of pyridine rings is 1. The van der Waals surface area contributed by atoms with Gasteiger partial charge in [-0.3, -0.25) is 9.78 Å². The Morgan fingerprint density at radius 3 is 2.63 bits per heavy atom. The number of nitrogens with zero attached hydrogens (tertiary/aromatic N) is 1. The molecule has 0 radical (unpaired) electrons. The van der Waals surface area contributed by atoms with Gasteiger partial charge in [0.2, 0.25) is 5.12 Å². The maximum Gasteiger partial charge on any atom is 0.219 e. The Morgan fingerprint density at radius 1 is 1.16 bits per heavy atom. The van der Waals surface area contributed by atoms with E-state index in [2.05, 4.69) is 4.98 Å². The monoisotopic (exact) mass is 268 g/mol. The van der Waals surface area contributed by atoms with Gasteiger partial charge in [-0.25, -0.2) is 0 Å². The summed E-state index contributed by atoms with van der Waals surface area (Å²) >= 11 is 1.20. The van der Waals surface area contributed by atoms with Crippen LogP contribution in [0.15, 0.2) is 42.6 Å². The van der Waals surface area contributed by atoms with Crippen LogP contribution >= 0.6 is 11.8 Å². The van der Waals surface area contributed by atoms with Crippen molar-refractivity contribution in [3.05, 3.63) is 48.2 Å². The van der Waals surface area contributed by atoms with Gasteiger partial charge in [0.1, 0.15) is 0 Å². The second kappa shape index (κ2) is 4.55. The van der Waals surface area contributed by atoms with Gasteiger partial charge < -0.3 is 5.73 Å². The van der Waals surface area contributed by atoms with Crippen molar-refractivity contribution in [1.82, 2.24) is 4.98 Å². The molecule has 0 saturated heterocycles. The molecule has 2 aromatic carbocycles. The number of nitrogen functional groups attached to an aromatic ring is 1. The predicted molar refractivity (Wildman–Crippen MR) is 81.5 cm³/mol. The zero-order chi connectivity index (χ0) is 13.4. The lowest BCUT2D eigenvalue weighted by Gasteiger charge is -2.09. The van der Waals surface area contributed by atoms with Crippen molar-refractivity contribution in [3.63, 3.8) is 0 Å². The lowest BCUT2D eigenvalue weighted by molar-refractivity contribution is 0.109. The van der Waals surface area contributed by atoms with Gasteiger partial charge in [0.05, 0.1) is 5.52 Å². The van der Waals surface area contributed by atoms with Gasteiger partial charge >= 0.3 is 0 Å². The maximum atomic E-state index is 12.0. The van der Waals surface area contributed by atoms with E-state index in [1.807, 2.05) is 30.3 Å². The van der Waals surface area contributed by atoms with E-state index in [9.17, 15) is 4.79 Å². The molecule has 2 N–H and O–H groups in total. The molecule has 0 unspecified atom stereocenters. The molecule has 0 saturated carbocycles. The van der Waals surface area contributed by atoms with Crippen LogP contribution in [0.2, 0.25) is 0 Å². The summed E-state index contributed by atoms with van der Waals surface area (Å²) in [4.78, 5) is 16.4. The standard InChI is InChI=1S/C15H12N2OS/c1-19-15(18)11-6-7-17-14-10-5-3-2-4-9(10)13(16)8-12(11)14/h2-8H,16H2,1H3. The Labute approximate surface area is 114 Å². The summed E-state index contributed by atoms with van der Waals surface area (Å²) in [5, 5.41) is 2.80. The average Bonchev–Trinajstić information content (AvgIpc) is 2.46. The molecule has 0 amide bonds. The first kappa shape index (κ1) is 12.0. The van der Waals surface area contributed by atoms with Gasteiger partial charge in [-0.2, -0.15) is 0 Å². The summed E-state index contributed by atoms with van der Waals surface area (Å²) in [6, 6.07) is 11.4. The normalized spacial score (nSPS) is 11.0. The molecule has 0 bridgehead atoms. The highest BCUT2D eigenvalue weighted by Crippen LogP contribution is 2.31. The van der Waals surface area contributed by atoms with E-state index < -0.39 is 0 Å². The minimum Gasteiger partial charge on any atom is -0.398 e. The lowest BCUT2D eigenvalue weighted by Crippen LogP contribution is -1.97. The number of hydrogen-bond donors (Lipinski definition) is 1. The van der Waals surface area contributed by atoms with Gasteiger partial charge in [-0.05, 0) is 18.4 Å². The van der Waals surface area contributed by atoms with E-state index in [1.165, 1.54) is 11.8 Å². The number of carbonyl (C=O) groups excluding carboxylic acids is 1. The van der Waals surface area contributed by atoms with E-state index in [1.54, 1.807) is 18.5 Å². The van der Waals surface area contributed by atoms with Crippen LogP contribution in [0.4, 0.5) is 5.69 Å². The quantitative estimate of drug-likeness (QED) is 0.542. The van der Waals surface area contributed by atoms with Crippen molar-refractivity contribution in [3.8, 4) is 0 Å². The third-order valence-corrected chi connectivity index (χ3v) is 3.78. The molecule has 1 heterocycles. The van der Waals surface area contributed by atoms with Gasteiger partial charge in [0, 0.05) is 33.6 Å². The van der Waals surface area contributed by atoms with Crippen LogP contribution in [0.3, 0.4) is 0 Å². The molecule has 0 fully saturated rings. The first-order valence-corrected chi connectivity index (χ1v) is 7.09. The van der Waals surface area contributed by atoms with Crippen LogP contribution in [-0.2, 0) is 0 Å². The summed E-state index contributed by atoms with van der Waals surface area (Å²) in [5.41, 5.74) is 8.25. The van der Waals surface area contributed by atoms with Crippen molar-refractivity contribution < 1.29 is 4.79 Å². The fourth-order valence-corrected chi connectivity index (χ4v) is 2.69. The molecule has 94 valence electrons. The topological polar surface area (TPSA) is 56.0 Å². The molecular weight excluding hydrogens is 256 g/mol. The summed E-state index contributed by atoms with van der Waals surface area (Å²) in [5.74, 6) is 0. The van der Waals surface area contributed by atoms with Gasteiger partial charge in [-0.1, -0.05) is 36.0 Å². The number of thioether (sulfide) groups is 1. The molecule has 0 atom stereocenters. The molecule has 0 aliphatic carbocycles. The van der Waals surface area contributed by atoms with Crippen LogP contribution in [0.25, 0.3) is 21.7 Å². The summed E-state index contributed by atoms with van der Waals surface area (Å²) in [6.45, 7) is 0. The molecular formula is C15H12N2OS. The SMILES string of the molecule is CSC(=O)c1ccnc2c1cc(N)c1ccccc12. The number of benzene rings is 2. The number of hydrogen-bond acceptors (Lipinski definition) is 4. The van der Waals surface area contributed by atoms with Crippen molar-refractivity contribution in [2.24, 2.45) is 0 Å². The lowest BCUT2D eigenvalue weighted by atomic mass is 10.0. The third kappa shape index (κ3) is 1.85. The fourth-order valence-electron chi connectivity index (χ4n) is 2.30. The number of carbonyl (C=O) groups is 1. The van der Waals surface area contributed by atoms with Crippen LogP contribution in [-0.4, -0.2) is 16.4 Å². The third-order valence-electron chi connectivity index (χ3n) is 3.19. The molecule has 3 nitrogen and oxygen atoms in total. The van der Waals surface area contributed by atoms with Crippen LogP contribution in [0, 0.1) is 0 Å². The Hall–Kier alpha value is -2.07.